The lowest BCUT2D eigenvalue weighted by Crippen LogP contribution is -2.38. The maximum atomic E-state index is 13.1. The van der Waals surface area contributed by atoms with Gasteiger partial charge in [0.2, 0.25) is 11.8 Å². The van der Waals surface area contributed by atoms with Gasteiger partial charge in [0.25, 0.3) is 0 Å². The van der Waals surface area contributed by atoms with E-state index in [4.69, 9.17) is 4.74 Å². The van der Waals surface area contributed by atoms with Crippen LogP contribution in [-0.2, 0) is 20.9 Å². The van der Waals surface area contributed by atoms with Gasteiger partial charge in [-0.25, -0.2) is 0 Å². The molecular formula is C23H39N3O3. The number of nitrogens with zero attached hydrogens (tertiary/aromatic N) is 2. The summed E-state index contributed by atoms with van der Waals surface area (Å²) in [6.07, 6.45) is 2.13. The molecule has 1 aromatic rings. The third-order valence-corrected chi connectivity index (χ3v) is 5.01. The summed E-state index contributed by atoms with van der Waals surface area (Å²) in [4.78, 5) is 29.2. The van der Waals surface area contributed by atoms with Crippen LogP contribution in [0.3, 0.4) is 0 Å². The number of hydrogen-bond acceptors (Lipinski definition) is 4. The number of nitrogens with one attached hydrogen (secondary N) is 1. The van der Waals surface area contributed by atoms with Crippen molar-refractivity contribution in [3.63, 3.8) is 0 Å². The Kier molecular flexibility index (Phi) is 10.7. The summed E-state index contributed by atoms with van der Waals surface area (Å²) in [6.45, 7) is 9.68. The van der Waals surface area contributed by atoms with E-state index in [-0.39, 0.29) is 17.7 Å². The number of amides is 2. The van der Waals surface area contributed by atoms with Crippen LogP contribution in [0.5, 0.6) is 0 Å². The molecule has 0 saturated heterocycles. The highest BCUT2D eigenvalue weighted by Crippen LogP contribution is 2.26. The standard InChI is InChI=1S/C23H39N3O3/c1-8-18(9-2)23(28)26(12-13-29-7)16-19-15-20(10-11-21(19)25(5)6)24-22(27)14-17(3)4/h10-11,15,17-18H,8-9,12-14,16H2,1-7H3,(H,24,27). The van der Waals surface area contributed by atoms with Crippen LogP contribution in [0.25, 0.3) is 0 Å². The van der Waals surface area contributed by atoms with E-state index in [1.54, 1.807) is 7.11 Å². The Labute approximate surface area is 176 Å². The van der Waals surface area contributed by atoms with E-state index in [0.717, 1.165) is 29.8 Å². The maximum absolute atomic E-state index is 13.1. The zero-order valence-corrected chi connectivity index (χ0v) is 19.2. The topological polar surface area (TPSA) is 61.9 Å². The van der Waals surface area contributed by atoms with Gasteiger partial charge < -0.3 is 19.9 Å². The average molecular weight is 406 g/mol. The average Bonchev–Trinajstić information content (AvgIpc) is 2.65. The molecule has 0 unspecified atom stereocenters. The molecule has 6 nitrogen and oxygen atoms in total. The van der Waals surface area contributed by atoms with Gasteiger partial charge in [0.15, 0.2) is 0 Å². The summed E-state index contributed by atoms with van der Waals surface area (Å²) in [5.74, 6) is 0.486. The molecule has 0 saturated carbocycles. The second kappa shape index (κ2) is 12.5. The number of hydrogen-bond donors (Lipinski definition) is 1. The molecule has 0 heterocycles. The Hall–Kier alpha value is -2.08. The van der Waals surface area contributed by atoms with Crippen molar-refractivity contribution in [1.82, 2.24) is 4.90 Å². The zero-order chi connectivity index (χ0) is 22.0. The smallest absolute Gasteiger partial charge is 0.226 e. The van der Waals surface area contributed by atoms with Crippen LogP contribution < -0.4 is 10.2 Å². The van der Waals surface area contributed by atoms with Crippen LogP contribution in [0.4, 0.5) is 11.4 Å². The van der Waals surface area contributed by atoms with Gasteiger partial charge in [-0.15, -0.1) is 0 Å². The Morgan fingerprint density at radius 2 is 1.79 bits per heavy atom. The summed E-state index contributed by atoms with van der Waals surface area (Å²) in [7, 11) is 5.62. The Bertz CT molecular complexity index is 655. The van der Waals surface area contributed by atoms with E-state index in [1.165, 1.54) is 0 Å². The molecule has 2 amide bonds. The Morgan fingerprint density at radius 3 is 2.31 bits per heavy atom. The fraction of sp³-hybridized carbons (Fsp3) is 0.652. The quantitative estimate of drug-likeness (QED) is 0.567. The molecule has 6 heteroatoms. The first kappa shape index (κ1) is 25.0. The predicted molar refractivity (Wildman–Crippen MR) is 120 cm³/mol. The Morgan fingerprint density at radius 1 is 1.14 bits per heavy atom. The first-order valence-electron chi connectivity index (χ1n) is 10.6. The molecule has 0 spiro atoms. The fourth-order valence-corrected chi connectivity index (χ4v) is 3.38. The molecule has 1 aromatic carbocycles. The van der Waals surface area contributed by atoms with Gasteiger partial charge in [-0.3, -0.25) is 9.59 Å². The van der Waals surface area contributed by atoms with E-state index in [9.17, 15) is 9.59 Å². The number of carbonyl (C=O) groups excluding carboxylic acids is 2. The third kappa shape index (κ3) is 8.05. The molecular weight excluding hydrogens is 366 g/mol. The predicted octanol–water partition coefficient (Wildman–Crippen LogP) is 4.15. The van der Waals surface area contributed by atoms with Crippen molar-refractivity contribution >= 4 is 23.2 Å². The highest BCUT2D eigenvalue weighted by molar-refractivity contribution is 5.91. The minimum atomic E-state index is 0.00731. The summed E-state index contributed by atoms with van der Waals surface area (Å²) in [6, 6.07) is 5.89. The first-order valence-corrected chi connectivity index (χ1v) is 10.6. The van der Waals surface area contributed by atoms with Crippen molar-refractivity contribution in [3.8, 4) is 0 Å². The highest BCUT2D eigenvalue weighted by atomic mass is 16.5. The van der Waals surface area contributed by atoms with Crippen molar-refractivity contribution in [1.29, 1.82) is 0 Å². The van der Waals surface area contributed by atoms with Crippen molar-refractivity contribution in [2.45, 2.75) is 53.5 Å². The molecule has 1 N–H and O–H groups in total. The minimum absolute atomic E-state index is 0.00731. The number of carbonyl (C=O) groups is 2. The van der Waals surface area contributed by atoms with Gasteiger partial charge >= 0.3 is 0 Å². The van der Waals surface area contributed by atoms with Crippen LogP contribution in [0, 0.1) is 11.8 Å². The summed E-state index contributed by atoms with van der Waals surface area (Å²) in [5.41, 5.74) is 2.80. The van der Waals surface area contributed by atoms with E-state index >= 15 is 0 Å². The first-order chi connectivity index (χ1) is 13.7. The number of rotatable bonds is 12. The summed E-state index contributed by atoms with van der Waals surface area (Å²) in [5, 5.41) is 2.98. The van der Waals surface area contributed by atoms with Gasteiger partial charge in [-0.1, -0.05) is 27.7 Å². The van der Waals surface area contributed by atoms with Gasteiger partial charge in [0.05, 0.1) is 6.61 Å². The molecule has 0 bridgehead atoms. The monoisotopic (exact) mass is 405 g/mol. The van der Waals surface area contributed by atoms with E-state index in [2.05, 4.69) is 19.2 Å². The normalized spacial score (nSPS) is 11.1. The molecule has 1 rings (SSSR count). The van der Waals surface area contributed by atoms with Crippen LogP contribution in [-0.4, -0.2) is 51.1 Å². The molecule has 164 valence electrons. The fourth-order valence-electron chi connectivity index (χ4n) is 3.38. The number of anilines is 2. The molecule has 0 aliphatic rings. The zero-order valence-electron chi connectivity index (χ0n) is 19.2. The van der Waals surface area contributed by atoms with E-state index < -0.39 is 0 Å². The second-order valence-corrected chi connectivity index (χ2v) is 8.15. The molecule has 0 radical (unpaired) electrons. The molecule has 0 aliphatic carbocycles. The van der Waals surface area contributed by atoms with Gasteiger partial charge in [0.1, 0.15) is 0 Å². The highest BCUT2D eigenvalue weighted by Gasteiger charge is 2.23. The molecule has 0 aliphatic heterocycles. The van der Waals surface area contributed by atoms with Gasteiger partial charge in [-0.2, -0.15) is 0 Å². The van der Waals surface area contributed by atoms with Crippen LogP contribution >= 0.6 is 0 Å². The largest absolute Gasteiger partial charge is 0.383 e. The van der Waals surface area contributed by atoms with E-state index in [0.29, 0.717) is 32.0 Å². The van der Waals surface area contributed by atoms with Crippen LogP contribution in [0.15, 0.2) is 18.2 Å². The third-order valence-electron chi connectivity index (χ3n) is 5.01. The molecule has 0 fully saturated rings. The van der Waals surface area contributed by atoms with Crippen LogP contribution in [0.1, 0.15) is 52.5 Å². The van der Waals surface area contributed by atoms with Gasteiger partial charge in [0, 0.05) is 58.0 Å². The summed E-state index contributed by atoms with van der Waals surface area (Å²) < 4.78 is 5.24. The van der Waals surface area contributed by atoms with Crippen LogP contribution in [0.2, 0.25) is 0 Å². The lowest BCUT2D eigenvalue weighted by Gasteiger charge is -2.29. The number of ether oxygens (including phenoxy) is 1. The van der Waals surface area contributed by atoms with Crippen molar-refractivity contribution in [2.75, 3.05) is 44.6 Å². The van der Waals surface area contributed by atoms with Crippen molar-refractivity contribution in [2.24, 2.45) is 11.8 Å². The second-order valence-electron chi connectivity index (χ2n) is 8.15. The lowest BCUT2D eigenvalue weighted by molar-refractivity contribution is -0.137. The Balaban J connectivity index is 3.15. The molecule has 0 aromatic heterocycles. The SMILES string of the molecule is CCC(CC)C(=O)N(CCOC)Cc1cc(NC(=O)CC(C)C)ccc1N(C)C. The van der Waals surface area contributed by atoms with Gasteiger partial charge in [-0.05, 0) is 42.5 Å². The maximum Gasteiger partial charge on any atom is 0.226 e. The summed E-state index contributed by atoms with van der Waals surface area (Å²) >= 11 is 0. The number of benzene rings is 1. The minimum Gasteiger partial charge on any atom is -0.383 e. The molecule has 0 atom stereocenters. The van der Waals surface area contributed by atoms with E-state index in [1.807, 2.05) is 55.9 Å². The van der Waals surface area contributed by atoms with Crippen molar-refractivity contribution < 1.29 is 14.3 Å². The lowest BCUT2D eigenvalue weighted by atomic mass is 10.0. The molecule has 29 heavy (non-hydrogen) atoms. The van der Waals surface area contributed by atoms with Crippen molar-refractivity contribution in [3.05, 3.63) is 23.8 Å². The number of methoxy groups -OCH3 is 1.